The molecule has 0 atom stereocenters. The van der Waals surface area contributed by atoms with Crippen LogP contribution in [0.25, 0.3) is 55.0 Å². The van der Waals surface area contributed by atoms with E-state index >= 15 is 0 Å². The molecule has 6 rings (SSSR count). The molecule has 151 valence electrons. The molecular formula is C28H18BO3. The van der Waals surface area contributed by atoms with E-state index in [0.29, 0.717) is 19.0 Å². The van der Waals surface area contributed by atoms with Gasteiger partial charge in [0.05, 0.1) is 0 Å². The van der Waals surface area contributed by atoms with Crippen molar-refractivity contribution in [1.29, 1.82) is 0 Å². The highest BCUT2D eigenvalue weighted by Gasteiger charge is 2.17. The summed E-state index contributed by atoms with van der Waals surface area (Å²) in [6.07, 6.45) is 0. The molecule has 0 saturated heterocycles. The van der Waals surface area contributed by atoms with E-state index in [1.54, 1.807) is 6.07 Å². The highest BCUT2D eigenvalue weighted by atomic mass is 16.5. The number of furan rings is 1. The van der Waals surface area contributed by atoms with Crippen molar-refractivity contribution in [1.82, 2.24) is 0 Å². The van der Waals surface area contributed by atoms with E-state index < -0.39 is 0 Å². The molecule has 0 saturated carbocycles. The van der Waals surface area contributed by atoms with Crippen LogP contribution in [0.5, 0.6) is 5.75 Å². The zero-order chi connectivity index (χ0) is 21.5. The van der Waals surface area contributed by atoms with Crippen LogP contribution in [-0.2, 0) is 0 Å². The molecule has 0 fully saturated rings. The van der Waals surface area contributed by atoms with Crippen LogP contribution in [0.4, 0.5) is 0 Å². The third-order valence-corrected chi connectivity index (χ3v) is 5.93. The molecule has 5 aromatic carbocycles. The number of rotatable bonds is 4. The molecule has 0 unspecified atom stereocenters. The first-order valence-corrected chi connectivity index (χ1v) is 10.5. The quantitative estimate of drug-likeness (QED) is 0.317. The van der Waals surface area contributed by atoms with Gasteiger partial charge >= 0.3 is 7.69 Å². The lowest BCUT2D eigenvalue weighted by Gasteiger charge is -2.10. The largest absolute Gasteiger partial charge is 0.569 e. The van der Waals surface area contributed by atoms with Crippen LogP contribution in [0, 0.1) is 0 Å². The monoisotopic (exact) mass is 413 g/mol. The molecule has 1 N–H and O–H groups in total. The zero-order valence-electron chi connectivity index (χ0n) is 17.2. The molecule has 1 radical (unpaired) electrons. The number of hydrogen-bond donors (Lipinski definition) is 1. The maximum Gasteiger partial charge on any atom is 0.569 e. The number of benzene rings is 5. The van der Waals surface area contributed by atoms with Crippen LogP contribution < -0.4 is 4.65 Å². The topological polar surface area (TPSA) is 42.6 Å². The average Bonchev–Trinajstić information content (AvgIpc) is 3.24. The van der Waals surface area contributed by atoms with Gasteiger partial charge in [-0.2, -0.15) is 0 Å². The number of fused-ring (bicyclic) bond motifs is 5. The van der Waals surface area contributed by atoms with Crippen LogP contribution in [0.15, 0.2) is 108 Å². The second kappa shape index (κ2) is 7.59. The molecule has 6 aromatic rings. The van der Waals surface area contributed by atoms with Crippen molar-refractivity contribution >= 4 is 40.4 Å². The van der Waals surface area contributed by atoms with Gasteiger partial charge in [-0.25, -0.2) is 0 Å². The highest BCUT2D eigenvalue weighted by Crippen LogP contribution is 2.42. The minimum absolute atomic E-state index is 0.484. The first-order chi connectivity index (χ1) is 15.8. The van der Waals surface area contributed by atoms with Gasteiger partial charge in [0.25, 0.3) is 0 Å². The minimum atomic E-state index is 0.484. The first-order valence-electron chi connectivity index (χ1n) is 10.5. The fourth-order valence-corrected chi connectivity index (χ4v) is 4.48. The van der Waals surface area contributed by atoms with Gasteiger partial charge in [0, 0.05) is 16.2 Å². The van der Waals surface area contributed by atoms with Crippen LogP contribution in [0.2, 0.25) is 0 Å². The molecule has 1 heterocycles. The van der Waals surface area contributed by atoms with Gasteiger partial charge in [0.2, 0.25) is 0 Å². The summed E-state index contributed by atoms with van der Waals surface area (Å²) in [5.41, 5.74) is 6.10. The predicted octanol–water partition coefficient (Wildman–Crippen LogP) is 6.98. The molecule has 0 aliphatic heterocycles. The van der Waals surface area contributed by atoms with Crippen molar-refractivity contribution in [3.8, 4) is 28.0 Å². The summed E-state index contributed by atoms with van der Waals surface area (Å²) in [6.45, 7) is 0. The minimum Gasteiger partial charge on any atom is -0.535 e. The maximum atomic E-state index is 9.15. The Kier molecular flexibility index (Phi) is 4.44. The molecular weight excluding hydrogens is 395 g/mol. The Morgan fingerprint density at radius 1 is 0.562 bits per heavy atom. The molecule has 0 bridgehead atoms. The maximum absolute atomic E-state index is 9.15. The summed E-state index contributed by atoms with van der Waals surface area (Å²) < 4.78 is 11.6. The van der Waals surface area contributed by atoms with E-state index in [4.69, 9.17) is 14.1 Å². The summed E-state index contributed by atoms with van der Waals surface area (Å²) in [7, 11) is 0.681. The zero-order valence-corrected chi connectivity index (χ0v) is 17.2. The van der Waals surface area contributed by atoms with Gasteiger partial charge in [-0.3, -0.25) is 0 Å². The Morgan fingerprint density at radius 2 is 1.22 bits per heavy atom. The molecule has 0 aliphatic carbocycles. The van der Waals surface area contributed by atoms with Gasteiger partial charge in [0.1, 0.15) is 11.3 Å². The SMILES string of the molecule is O[B]Oc1cccc2c1oc1c3ccccc3c(-c3cccc(-c4ccccc4)c3)cc21. The predicted molar refractivity (Wildman–Crippen MR) is 131 cm³/mol. The van der Waals surface area contributed by atoms with Crippen molar-refractivity contribution in [2.75, 3.05) is 0 Å². The number of hydrogen-bond acceptors (Lipinski definition) is 3. The lowest BCUT2D eigenvalue weighted by molar-refractivity contribution is 0.451. The fourth-order valence-electron chi connectivity index (χ4n) is 4.48. The Labute approximate surface area is 185 Å². The van der Waals surface area contributed by atoms with E-state index in [0.717, 1.165) is 38.3 Å². The molecule has 0 spiro atoms. The van der Waals surface area contributed by atoms with Gasteiger partial charge in [0.15, 0.2) is 5.58 Å². The third-order valence-electron chi connectivity index (χ3n) is 5.93. The average molecular weight is 413 g/mol. The van der Waals surface area contributed by atoms with Gasteiger partial charge in [-0.1, -0.05) is 84.9 Å². The lowest BCUT2D eigenvalue weighted by Crippen LogP contribution is -1.99. The second-order valence-electron chi connectivity index (χ2n) is 7.75. The van der Waals surface area contributed by atoms with Crippen LogP contribution in [0.1, 0.15) is 0 Å². The fraction of sp³-hybridized carbons (Fsp3) is 0. The molecule has 0 aliphatic rings. The molecule has 4 heteroatoms. The van der Waals surface area contributed by atoms with Gasteiger partial charge in [-0.15, -0.1) is 0 Å². The van der Waals surface area contributed by atoms with Gasteiger partial charge < -0.3 is 14.1 Å². The van der Waals surface area contributed by atoms with Crippen molar-refractivity contribution < 1.29 is 14.1 Å². The van der Waals surface area contributed by atoms with E-state index in [1.807, 2.05) is 24.3 Å². The Balaban J connectivity index is 1.65. The van der Waals surface area contributed by atoms with E-state index in [1.165, 1.54) is 11.1 Å². The van der Waals surface area contributed by atoms with Crippen LogP contribution >= 0.6 is 0 Å². The third kappa shape index (κ3) is 2.96. The Hall–Kier alpha value is -4.02. The van der Waals surface area contributed by atoms with Gasteiger partial charge in [-0.05, 0) is 45.8 Å². The number of para-hydroxylation sites is 1. The van der Waals surface area contributed by atoms with Crippen molar-refractivity contribution in [2.24, 2.45) is 0 Å². The molecule has 3 nitrogen and oxygen atoms in total. The summed E-state index contributed by atoms with van der Waals surface area (Å²) in [5.74, 6) is 0.484. The second-order valence-corrected chi connectivity index (χ2v) is 7.75. The summed E-state index contributed by atoms with van der Waals surface area (Å²) in [5, 5.41) is 13.3. The standard InChI is InChI=1S/C28H18BO3/c30-29-32-26-15-7-14-23-25-17-24(21-12-4-5-13-22(21)27(25)31-28(23)26)20-11-6-10-19(16-20)18-8-2-1-3-9-18/h1-17,30H. The molecule has 1 aromatic heterocycles. The first kappa shape index (κ1) is 18.7. The Morgan fingerprint density at radius 3 is 2.06 bits per heavy atom. The van der Waals surface area contributed by atoms with E-state index in [2.05, 4.69) is 72.8 Å². The summed E-state index contributed by atoms with van der Waals surface area (Å²) in [6, 6.07) is 35.2. The summed E-state index contributed by atoms with van der Waals surface area (Å²) in [4.78, 5) is 0. The molecule has 32 heavy (non-hydrogen) atoms. The highest BCUT2D eigenvalue weighted by molar-refractivity contribution is 6.21. The van der Waals surface area contributed by atoms with E-state index in [9.17, 15) is 0 Å². The van der Waals surface area contributed by atoms with Crippen molar-refractivity contribution in [3.63, 3.8) is 0 Å². The Bertz CT molecular complexity index is 1590. The normalized spacial score (nSPS) is 11.3. The van der Waals surface area contributed by atoms with Crippen LogP contribution in [0.3, 0.4) is 0 Å². The van der Waals surface area contributed by atoms with Crippen molar-refractivity contribution in [2.45, 2.75) is 0 Å². The van der Waals surface area contributed by atoms with Crippen molar-refractivity contribution in [3.05, 3.63) is 103 Å². The smallest absolute Gasteiger partial charge is 0.535 e. The lowest BCUT2D eigenvalue weighted by atomic mass is 9.93. The van der Waals surface area contributed by atoms with E-state index in [-0.39, 0.29) is 0 Å². The molecule has 0 amide bonds. The van der Waals surface area contributed by atoms with Crippen LogP contribution in [-0.4, -0.2) is 12.7 Å². The summed E-state index contributed by atoms with van der Waals surface area (Å²) >= 11 is 0.